The molecule has 1 amide bonds. The zero-order valence-corrected chi connectivity index (χ0v) is 21.0. The van der Waals surface area contributed by atoms with E-state index in [-0.39, 0.29) is 22.2 Å². The first-order valence-electron chi connectivity index (χ1n) is 9.53. The van der Waals surface area contributed by atoms with Gasteiger partial charge in [-0.2, -0.15) is 17.5 Å². The molecule has 0 saturated heterocycles. The molecule has 0 fully saturated rings. The Balaban J connectivity index is 1.90. The molecule has 0 aliphatic carbocycles. The lowest BCUT2D eigenvalue weighted by molar-refractivity contribution is -0.137. The lowest BCUT2D eigenvalue weighted by atomic mass is 10.2. The van der Waals surface area contributed by atoms with Gasteiger partial charge in [-0.1, -0.05) is 51.3 Å². The number of hydrogen-bond donors (Lipinski definition) is 1. The number of anilines is 1. The highest BCUT2D eigenvalue weighted by Gasteiger charge is 2.32. The maximum Gasteiger partial charge on any atom is 0.416 e. The second kappa shape index (κ2) is 10.7. The van der Waals surface area contributed by atoms with Crippen LogP contribution in [-0.4, -0.2) is 25.2 Å². The Kier molecular flexibility index (Phi) is 8.30. The molecule has 0 aliphatic heterocycles. The van der Waals surface area contributed by atoms with Crippen LogP contribution in [0.15, 0.2) is 76.1 Å². The topological polar surface area (TPSA) is 66.5 Å². The van der Waals surface area contributed by atoms with E-state index in [9.17, 15) is 26.4 Å². The van der Waals surface area contributed by atoms with Crippen molar-refractivity contribution in [3.05, 3.63) is 92.4 Å². The van der Waals surface area contributed by atoms with Gasteiger partial charge in [-0.25, -0.2) is 8.42 Å². The van der Waals surface area contributed by atoms with Crippen molar-refractivity contribution in [2.75, 3.05) is 11.9 Å². The summed E-state index contributed by atoms with van der Waals surface area (Å²) in [6, 6.07) is 14.6. The third kappa shape index (κ3) is 6.73. The van der Waals surface area contributed by atoms with Crippen LogP contribution in [0.4, 0.5) is 18.9 Å². The number of alkyl halides is 3. The molecule has 5 nitrogen and oxygen atoms in total. The van der Waals surface area contributed by atoms with E-state index >= 15 is 0 Å². The molecule has 12 heteroatoms. The van der Waals surface area contributed by atoms with Gasteiger partial charge in [0.2, 0.25) is 15.9 Å². The second-order valence-electron chi connectivity index (χ2n) is 7.09. The number of rotatable bonds is 7. The van der Waals surface area contributed by atoms with Gasteiger partial charge in [0.1, 0.15) is 0 Å². The standard InChI is InChI=1S/C22H16BrCl2F3N2O3S/c23-16-4-8-18(9-5-16)34(32,33)30(12-14-1-6-17(24)7-2-14)13-21(31)29-20-11-15(22(26,27)28)3-10-19(20)25/h1-11H,12-13H2,(H,29,31). The van der Waals surface area contributed by atoms with Gasteiger partial charge in [0.05, 0.1) is 27.7 Å². The molecule has 0 radical (unpaired) electrons. The Morgan fingerprint density at radius 3 is 2.18 bits per heavy atom. The molecule has 3 rings (SSSR count). The molecule has 180 valence electrons. The summed E-state index contributed by atoms with van der Waals surface area (Å²) in [5.41, 5.74) is -0.739. The van der Waals surface area contributed by atoms with Crippen LogP contribution in [0.25, 0.3) is 0 Å². The lowest BCUT2D eigenvalue weighted by Crippen LogP contribution is -2.37. The molecule has 34 heavy (non-hydrogen) atoms. The molecule has 0 unspecified atom stereocenters. The normalized spacial score (nSPS) is 12.1. The first kappa shape index (κ1) is 26.5. The molecule has 0 atom stereocenters. The van der Waals surface area contributed by atoms with Crippen LogP contribution in [0.1, 0.15) is 11.1 Å². The van der Waals surface area contributed by atoms with E-state index in [2.05, 4.69) is 21.2 Å². The second-order valence-corrected chi connectivity index (χ2v) is 10.8. The number of nitrogens with zero attached hydrogens (tertiary/aromatic N) is 1. The highest BCUT2D eigenvalue weighted by atomic mass is 79.9. The first-order valence-corrected chi connectivity index (χ1v) is 12.5. The van der Waals surface area contributed by atoms with E-state index in [1.165, 1.54) is 24.3 Å². The highest BCUT2D eigenvalue weighted by Crippen LogP contribution is 2.34. The predicted molar refractivity (Wildman–Crippen MR) is 128 cm³/mol. The van der Waals surface area contributed by atoms with Crippen LogP contribution in [0.3, 0.4) is 0 Å². The Bertz CT molecular complexity index is 1290. The quantitative estimate of drug-likeness (QED) is 0.334. The third-order valence-corrected chi connectivity index (χ3v) is 7.53. The van der Waals surface area contributed by atoms with Gasteiger partial charge in [-0.05, 0) is 60.2 Å². The van der Waals surface area contributed by atoms with E-state index in [0.717, 1.165) is 16.4 Å². The van der Waals surface area contributed by atoms with Crippen molar-refractivity contribution in [3.63, 3.8) is 0 Å². The van der Waals surface area contributed by atoms with Gasteiger partial charge in [-0.3, -0.25) is 4.79 Å². The molecule has 0 spiro atoms. The molecule has 1 N–H and O–H groups in total. The summed E-state index contributed by atoms with van der Waals surface area (Å²) in [5, 5.41) is 2.60. The minimum atomic E-state index is -4.64. The lowest BCUT2D eigenvalue weighted by Gasteiger charge is -2.22. The number of benzene rings is 3. The number of nitrogens with one attached hydrogen (secondary N) is 1. The fourth-order valence-corrected chi connectivity index (χ4v) is 4.86. The van der Waals surface area contributed by atoms with Gasteiger partial charge in [0, 0.05) is 16.0 Å². The number of carbonyl (C=O) groups excluding carboxylic acids is 1. The van der Waals surface area contributed by atoms with Gasteiger partial charge in [0.25, 0.3) is 0 Å². The van der Waals surface area contributed by atoms with Crippen molar-refractivity contribution < 1.29 is 26.4 Å². The van der Waals surface area contributed by atoms with E-state index in [0.29, 0.717) is 21.1 Å². The van der Waals surface area contributed by atoms with Crippen LogP contribution in [-0.2, 0) is 27.5 Å². The number of sulfonamides is 1. The van der Waals surface area contributed by atoms with Crippen molar-refractivity contribution in [1.29, 1.82) is 0 Å². The minimum Gasteiger partial charge on any atom is -0.324 e. The molecule has 0 aromatic heterocycles. The van der Waals surface area contributed by atoms with Gasteiger partial charge in [-0.15, -0.1) is 0 Å². The Labute approximate surface area is 212 Å². The smallest absolute Gasteiger partial charge is 0.324 e. The molecule has 3 aromatic rings. The fraction of sp³-hybridized carbons (Fsp3) is 0.136. The summed E-state index contributed by atoms with van der Waals surface area (Å²) in [7, 11) is -4.15. The molecule has 0 heterocycles. The van der Waals surface area contributed by atoms with Crippen LogP contribution >= 0.6 is 39.1 Å². The van der Waals surface area contributed by atoms with Crippen LogP contribution in [0.5, 0.6) is 0 Å². The molecular weight excluding hydrogens is 580 g/mol. The van der Waals surface area contributed by atoms with Gasteiger partial charge >= 0.3 is 6.18 Å². The Morgan fingerprint density at radius 1 is 0.971 bits per heavy atom. The fourth-order valence-electron chi connectivity index (χ4n) is 2.92. The van der Waals surface area contributed by atoms with Crippen molar-refractivity contribution in [3.8, 4) is 0 Å². The molecular formula is C22H16BrCl2F3N2O3S. The van der Waals surface area contributed by atoms with E-state index in [4.69, 9.17) is 23.2 Å². The summed E-state index contributed by atoms with van der Waals surface area (Å²) >= 11 is 15.1. The maximum atomic E-state index is 13.3. The van der Waals surface area contributed by atoms with Crippen LogP contribution in [0.2, 0.25) is 10.0 Å². The highest BCUT2D eigenvalue weighted by molar-refractivity contribution is 9.10. The van der Waals surface area contributed by atoms with Crippen LogP contribution in [0, 0.1) is 0 Å². The summed E-state index contributed by atoms with van der Waals surface area (Å²) < 4.78 is 67.2. The number of amides is 1. The summed E-state index contributed by atoms with van der Waals surface area (Å²) in [6.45, 7) is -0.854. The summed E-state index contributed by atoms with van der Waals surface area (Å²) in [4.78, 5) is 12.7. The largest absolute Gasteiger partial charge is 0.416 e. The average molecular weight is 596 g/mol. The Hall–Kier alpha value is -2.11. The third-order valence-electron chi connectivity index (χ3n) is 4.61. The molecule has 0 aliphatic rings. The zero-order valence-electron chi connectivity index (χ0n) is 17.1. The molecule has 0 saturated carbocycles. The maximum absolute atomic E-state index is 13.3. The number of halogens is 6. The van der Waals surface area contributed by atoms with Gasteiger partial charge < -0.3 is 5.32 Å². The minimum absolute atomic E-state index is 0.0606. The molecule has 0 bridgehead atoms. The summed E-state index contributed by atoms with van der Waals surface area (Å²) in [6.07, 6.45) is -4.64. The number of carbonyl (C=O) groups is 1. The van der Waals surface area contributed by atoms with Crippen molar-refractivity contribution in [2.24, 2.45) is 0 Å². The monoisotopic (exact) mass is 594 g/mol. The number of hydrogen-bond acceptors (Lipinski definition) is 3. The van der Waals surface area contributed by atoms with E-state index in [1.54, 1.807) is 24.3 Å². The van der Waals surface area contributed by atoms with E-state index in [1.807, 2.05) is 0 Å². The predicted octanol–water partition coefficient (Wildman–Crippen LogP) is 6.60. The van der Waals surface area contributed by atoms with Gasteiger partial charge in [0.15, 0.2) is 0 Å². The zero-order chi connectivity index (χ0) is 25.1. The SMILES string of the molecule is O=C(CN(Cc1ccc(Cl)cc1)S(=O)(=O)c1ccc(Br)cc1)Nc1cc(C(F)(F)F)ccc1Cl. The molecule has 3 aromatic carbocycles. The first-order chi connectivity index (χ1) is 15.9. The average Bonchev–Trinajstić information content (AvgIpc) is 2.76. The Morgan fingerprint density at radius 2 is 1.59 bits per heavy atom. The van der Waals surface area contributed by atoms with E-state index < -0.39 is 34.2 Å². The van der Waals surface area contributed by atoms with Crippen LogP contribution < -0.4 is 5.32 Å². The summed E-state index contributed by atoms with van der Waals surface area (Å²) in [5.74, 6) is -0.865. The van der Waals surface area contributed by atoms with Crippen molar-refractivity contribution in [1.82, 2.24) is 4.31 Å². The van der Waals surface area contributed by atoms with Crippen molar-refractivity contribution >= 4 is 60.7 Å². The van der Waals surface area contributed by atoms with Crippen molar-refractivity contribution in [2.45, 2.75) is 17.6 Å².